The molecule has 2 N–H and O–H groups in total. The predicted molar refractivity (Wildman–Crippen MR) is 106 cm³/mol. The standard InChI is InChI=1S/C20H21ClF3N3O2/c1-29-18-6-5-15(21)12-17(18)25-19(28)13-26-7-9-27(10-8-26)16-4-2-3-14(11-16)20(22,23)24/h2-6,11-12H,7-10,13H2,1H3,(H,25,28)/p+1. The zero-order valence-corrected chi connectivity index (χ0v) is 16.6. The molecule has 0 unspecified atom stereocenters. The lowest BCUT2D eigenvalue weighted by Crippen LogP contribution is -3.15. The van der Waals surface area contributed by atoms with Crippen LogP contribution in [0, 0.1) is 0 Å². The van der Waals surface area contributed by atoms with E-state index in [0.717, 1.165) is 11.0 Å². The fourth-order valence-corrected chi connectivity index (χ4v) is 3.51. The summed E-state index contributed by atoms with van der Waals surface area (Å²) in [6.07, 6.45) is -4.36. The Hall–Kier alpha value is -2.45. The number of ether oxygens (including phenoxy) is 1. The molecule has 0 spiro atoms. The Morgan fingerprint density at radius 1 is 1.21 bits per heavy atom. The van der Waals surface area contributed by atoms with Crippen LogP contribution in [0.15, 0.2) is 42.5 Å². The van der Waals surface area contributed by atoms with E-state index in [9.17, 15) is 18.0 Å². The summed E-state index contributed by atoms with van der Waals surface area (Å²) in [5.74, 6) is 0.347. The van der Waals surface area contributed by atoms with E-state index in [4.69, 9.17) is 16.3 Å². The van der Waals surface area contributed by atoms with Gasteiger partial charge in [-0.05, 0) is 36.4 Å². The zero-order valence-electron chi connectivity index (χ0n) is 15.9. The van der Waals surface area contributed by atoms with E-state index in [1.807, 2.05) is 4.90 Å². The largest absolute Gasteiger partial charge is 0.495 e. The van der Waals surface area contributed by atoms with Gasteiger partial charge in [-0.2, -0.15) is 13.2 Å². The average Bonchev–Trinajstić information content (AvgIpc) is 2.68. The number of hydrogen-bond donors (Lipinski definition) is 2. The topological polar surface area (TPSA) is 46.0 Å². The Morgan fingerprint density at radius 2 is 1.93 bits per heavy atom. The first kappa shape index (κ1) is 21.3. The second-order valence-electron chi connectivity index (χ2n) is 6.85. The first-order valence-corrected chi connectivity index (χ1v) is 9.53. The maximum Gasteiger partial charge on any atom is 0.416 e. The van der Waals surface area contributed by atoms with Crippen molar-refractivity contribution in [3.8, 4) is 5.75 Å². The minimum Gasteiger partial charge on any atom is -0.495 e. The van der Waals surface area contributed by atoms with Crippen LogP contribution in [-0.2, 0) is 11.0 Å². The van der Waals surface area contributed by atoms with E-state index in [1.54, 1.807) is 24.3 Å². The number of hydrogen-bond acceptors (Lipinski definition) is 3. The molecule has 3 rings (SSSR count). The highest BCUT2D eigenvalue weighted by molar-refractivity contribution is 6.31. The second kappa shape index (κ2) is 8.92. The van der Waals surface area contributed by atoms with Gasteiger partial charge in [-0.1, -0.05) is 17.7 Å². The molecule has 1 aliphatic rings. The molecule has 9 heteroatoms. The van der Waals surface area contributed by atoms with Crippen LogP contribution in [-0.4, -0.2) is 45.7 Å². The van der Waals surface area contributed by atoms with E-state index in [1.165, 1.54) is 19.2 Å². The Kier molecular flexibility index (Phi) is 6.54. The van der Waals surface area contributed by atoms with E-state index < -0.39 is 11.7 Å². The number of nitrogens with zero attached hydrogens (tertiary/aromatic N) is 1. The van der Waals surface area contributed by atoms with Crippen LogP contribution < -0.4 is 19.9 Å². The minimum absolute atomic E-state index is 0.173. The molecule has 0 aliphatic carbocycles. The number of rotatable bonds is 5. The van der Waals surface area contributed by atoms with Crippen LogP contribution in [0.5, 0.6) is 5.75 Å². The molecule has 0 bridgehead atoms. The number of amides is 1. The number of halogens is 4. The number of quaternary nitrogens is 1. The van der Waals surface area contributed by atoms with Gasteiger partial charge in [0.2, 0.25) is 0 Å². The molecule has 1 saturated heterocycles. The van der Waals surface area contributed by atoms with Gasteiger partial charge in [-0.15, -0.1) is 0 Å². The number of benzene rings is 2. The van der Waals surface area contributed by atoms with Gasteiger partial charge in [-0.25, -0.2) is 0 Å². The Labute approximate surface area is 172 Å². The molecule has 156 valence electrons. The van der Waals surface area contributed by atoms with Crippen molar-refractivity contribution in [2.75, 3.05) is 50.1 Å². The summed E-state index contributed by atoms with van der Waals surface area (Å²) in [6, 6.07) is 10.3. The van der Waals surface area contributed by atoms with Gasteiger partial charge in [-0.3, -0.25) is 4.79 Å². The average molecular weight is 429 g/mol. The third-order valence-corrected chi connectivity index (χ3v) is 5.09. The summed E-state index contributed by atoms with van der Waals surface area (Å²) in [5, 5.41) is 3.30. The van der Waals surface area contributed by atoms with E-state index in [-0.39, 0.29) is 12.5 Å². The lowest BCUT2D eigenvalue weighted by atomic mass is 10.1. The molecule has 0 saturated carbocycles. The number of piperazine rings is 1. The van der Waals surface area contributed by atoms with Crippen LogP contribution in [0.2, 0.25) is 5.02 Å². The van der Waals surface area contributed by atoms with Gasteiger partial charge >= 0.3 is 6.18 Å². The molecule has 0 atom stereocenters. The number of anilines is 2. The van der Waals surface area contributed by atoms with Crippen molar-refractivity contribution in [2.24, 2.45) is 0 Å². The minimum atomic E-state index is -4.36. The summed E-state index contributed by atoms with van der Waals surface area (Å²) in [4.78, 5) is 15.4. The first-order valence-electron chi connectivity index (χ1n) is 9.15. The Bertz CT molecular complexity index is 868. The lowest BCUT2D eigenvalue weighted by molar-refractivity contribution is -0.892. The number of nitrogens with one attached hydrogen (secondary N) is 2. The van der Waals surface area contributed by atoms with Gasteiger partial charge in [0, 0.05) is 10.7 Å². The molecule has 1 amide bonds. The van der Waals surface area contributed by atoms with E-state index >= 15 is 0 Å². The summed E-state index contributed by atoms with van der Waals surface area (Å²) < 4.78 is 44.0. The van der Waals surface area contributed by atoms with Gasteiger partial charge in [0.15, 0.2) is 6.54 Å². The molecule has 0 aromatic heterocycles. The summed E-state index contributed by atoms with van der Waals surface area (Å²) >= 11 is 5.97. The monoisotopic (exact) mass is 428 g/mol. The first-order chi connectivity index (χ1) is 13.8. The maximum absolute atomic E-state index is 12.9. The van der Waals surface area contributed by atoms with Gasteiger partial charge < -0.3 is 19.9 Å². The van der Waals surface area contributed by atoms with E-state index in [2.05, 4.69) is 5.32 Å². The number of methoxy groups -OCH3 is 1. The summed E-state index contributed by atoms with van der Waals surface area (Å²) in [6.45, 7) is 2.70. The van der Waals surface area contributed by atoms with E-state index in [0.29, 0.717) is 48.3 Å². The fourth-order valence-electron chi connectivity index (χ4n) is 3.34. The van der Waals surface area contributed by atoms with Crippen molar-refractivity contribution in [1.29, 1.82) is 0 Å². The fraction of sp³-hybridized carbons (Fsp3) is 0.350. The van der Waals surface area contributed by atoms with Crippen LogP contribution >= 0.6 is 11.6 Å². The molecule has 29 heavy (non-hydrogen) atoms. The van der Waals surface area contributed by atoms with Crippen molar-refractivity contribution in [3.05, 3.63) is 53.1 Å². The summed E-state index contributed by atoms with van der Waals surface area (Å²) in [5.41, 5.74) is 0.401. The lowest BCUT2D eigenvalue weighted by Gasteiger charge is -2.33. The van der Waals surface area contributed by atoms with Crippen LogP contribution in [0.4, 0.5) is 24.5 Å². The molecule has 1 fully saturated rings. The molecular weight excluding hydrogens is 407 g/mol. The molecule has 2 aromatic rings. The van der Waals surface area contributed by atoms with Gasteiger partial charge in [0.05, 0.1) is 44.5 Å². The van der Waals surface area contributed by atoms with Crippen LogP contribution in [0.25, 0.3) is 0 Å². The van der Waals surface area contributed by atoms with Crippen molar-refractivity contribution < 1.29 is 27.6 Å². The molecule has 0 radical (unpaired) electrons. The Balaban J connectivity index is 1.55. The number of carbonyl (C=O) groups excluding carboxylic acids is 1. The van der Waals surface area contributed by atoms with Gasteiger partial charge in [0.25, 0.3) is 5.91 Å². The van der Waals surface area contributed by atoms with Crippen LogP contribution in [0.3, 0.4) is 0 Å². The molecule has 1 aliphatic heterocycles. The third kappa shape index (κ3) is 5.55. The SMILES string of the molecule is COc1ccc(Cl)cc1NC(=O)C[NH+]1CCN(c2cccc(C(F)(F)F)c2)CC1. The highest BCUT2D eigenvalue weighted by Crippen LogP contribution is 2.31. The number of carbonyl (C=O) groups is 1. The van der Waals surface area contributed by atoms with Crippen molar-refractivity contribution in [3.63, 3.8) is 0 Å². The molecule has 1 heterocycles. The van der Waals surface area contributed by atoms with Crippen molar-refractivity contribution in [2.45, 2.75) is 6.18 Å². The van der Waals surface area contributed by atoms with Crippen LogP contribution in [0.1, 0.15) is 5.56 Å². The molecular formula is C20H22ClF3N3O2+. The third-order valence-electron chi connectivity index (χ3n) is 4.86. The normalized spacial score (nSPS) is 15.3. The second-order valence-corrected chi connectivity index (χ2v) is 7.29. The van der Waals surface area contributed by atoms with Crippen molar-refractivity contribution >= 4 is 28.9 Å². The van der Waals surface area contributed by atoms with Gasteiger partial charge in [0.1, 0.15) is 5.75 Å². The summed E-state index contributed by atoms with van der Waals surface area (Å²) in [7, 11) is 1.51. The smallest absolute Gasteiger partial charge is 0.416 e. The van der Waals surface area contributed by atoms with Crippen molar-refractivity contribution in [1.82, 2.24) is 0 Å². The quantitative estimate of drug-likeness (QED) is 0.769. The number of alkyl halides is 3. The Morgan fingerprint density at radius 3 is 2.59 bits per heavy atom. The predicted octanol–water partition coefficient (Wildman–Crippen LogP) is 2.71. The maximum atomic E-state index is 12.9. The molecule has 2 aromatic carbocycles. The highest BCUT2D eigenvalue weighted by atomic mass is 35.5. The molecule has 5 nitrogen and oxygen atoms in total. The highest BCUT2D eigenvalue weighted by Gasteiger charge is 2.31. The zero-order chi connectivity index (χ0) is 21.0.